The summed E-state index contributed by atoms with van der Waals surface area (Å²) in [5.74, 6) is 1.11. The van der Waals surface area contributed by atoms with Crippen LogP contribution in [0.3, 0.4) is 0 Å². The van der Waals surface area contributed by atoms with Crippen LogP contribution < -0.4 is 4.74 Å². The minimum Gasteiger partial charge on any atom is -0.497 e. The van der Waals surface area contributed by atoms with E-state index in [4.69, 9.17) is 14.2 Å². The Morgan fingerprint density at radius 3 is 2.32 bits per heavy atom. The number of hydrogen-bond donors (Lipinski definition) is 0. The van der Waals surface area contributed by atoms with Crippen LogP contribution in [-0.2, 0) is 26.1 Å². The summed E-state index contributed by atoms with van der Waals surface area (Å²) in [6.45, 7) is -0.308. The van der Waals surface area contributed by atoms with Crippen molar-refractivity contribution < 1.29 is 40.6 Å². The number of carbonyl (C=O) groups is 1. The van der Waals surface area contributed by atoms with Crippen molar-refractivity contribution in [1.29, 1.82) is 0 Å². The van der Waals surface area contributed by atoms with E-state index in [2.05, 4.69) is 0 Å². The highest BCUT2D eigenvalue weighted by Gasteiger charge is 2.51. The molecule has 0 bridgehead atoms. The van der Waals surface area contributed by atoms with Crippen molar-refractivity contribution in [3.05, 3.63) is 29.8 Å². The Morgan fingerprint density at radius 1 is 1.16 bits per heavy atom. The lowest BCUT2D eigenvalue weighted by atomic mass is 9.60. The second-order valence-corrected chi connectivity index (χ2v) is 12.6. The van der Waals surface area contributed by atoms with E-state index in [-0.39, 0.29) is 42.8 Å². The van der Waals surface area contributed by atoms with Crippen LogP contribution in [0.25, 0.3) is 0 Å². The Labute approximate surface area is 216 Å². The van der Waals surface area contributed by atoms with Gasteiger partial charge in [0.2, 0.25) is 16.1 Å². The molecule has 2 saturated carbocycles. The average Bonchev–Trinajstić information content (AvgIpc) is 3.64. The number of benzene rings is 1. The number of piperidine rings is 1. The number of amides is 1. The summed E-state index contributed by atoms with van der Waals surface area (Å²) in [4.78, 5) is 13.8. The van der Waals surface area contributed by atoms with Crippen LogP contribution in [0.15, 0.2) is 24.3 Å². The number of hydrogen-bond acceptors (Lipinski definition) is 6. The highest BCUT2D eigenvalue weighted by molar-refractivity contribution is 7.89. The van der Waals surface area contributed by atoms with E-state index < -0.39 is 35.0 Å². The van der Waals surface area contributed by atoms with E-state index in [0.29, 0.717) is 37.0 Å². The molecule has 1 atom stereocenters. The molecule has 2 aliphatic carbocycles. The van der Waals surface area contributed by atoms with Crippen molar-refractivity contribution in [2.24, 2.45) is 11.3 Å². The van der Waals surface area contributed by atoms with Gasteiger partial charge in [-0.2, -0.15) is 13.2 Å². The third kappa shape index (κ3) is 7.08. The number of carbonyl (C=O) groups excluding carboxylic acids is 1. The number of alkyl halides is 3. The molecular weight excluding hydrogens is 513 g/mol. The number of methoxy groups -OCH3 is 1. The lowest BCUT2D eigenvalue weighted by Crippen LogP contribution is -2.56. The molecule has 3 fully saturated rings. The van der Waals surface area contributed by atoms with Gasteiger partial charge in [-0.15, -0.1) is 0 Å². The Balaban J connectivity index is 1.22. The molecule has 1 aromatic rings. The zero-order valence-electron chi connectivity index (χ0n) is 21.2. The highest BCUT2D eigenvalue weighted by atomic mass is 32.2. The fraction of sp³-hybridized carbons (Fsp3) is 0.720. The molecule has 37 heavy (non-hydrogen) atoms. The van der Waals surface area contributed by atoms with Crippen LogP contribution in [0.1, 0.15) is 44.1 Å². The van der Waals surface area contributed by atoms with Crippen LogP contribution in [0.4, 0.5) is 18.0 Å². The molecular formula is C25H35F3N2O6S. The minimum atomic E-state index is -4.76. The quantitative estimate of drug-likeness (QED) is 0.436. The van der Waals surface area contributed by atoms with Gasteiger partial charge in [0.25, 0.3) is 0 Å². The highest BCUT2D eigenvalue weighted by Crippen LogP contribution is 2.51. The van der Waals surface area contributed by atoms with Crippen LogP contribution in [-0.4, -0.2) is 81.6 Å². The first-order valence-corrected chi connectivity index (χ1v) is 14.2. The lowest BCUT2D eigenvalue weighted by Gasteiger charge is -2.54. The number of ether oxygens (including phenoxy) is 3. The Morgan fingerprint density at radius 2 is 1.78 bits per heavy atom. The summed E-state index contributed by atoms with van der Waals surface area (Å²) >= 11 is 0. The first-order chi connectivity index (χ1) is 17.4. The van der Waals surface area contributed by atoms with E-state index in [1.54, 1.807) is 31.3 Å². The summed E-state index contributed by atoms with van der Waals surface area (Å²) in [7, 11) is -0.119. The van der Waals surface area contributed by atoms with Gasteiger partial charge in [-0.1, -0.05) is 12.1 Å². The first-order valence-electron chi connectivity index (χ1n) is 12.6. The number of sulfonamides is 1. The maximum atomic E-state index is 13.5. The van der Waals surface area contributed by atoms with Crippen LogP contribution >= 0.6 is 0 Å². The SMILES string of the molecule is COc1ccc(COC[C@@H](OC(=O)N2CCC3(CC2)CC(N(C)S(=O)(=O)CC2CC2)C3)C(F)(F)F)cc1. The molecule has 1 saturated heterocycles. The van der Waals surface area contributed by atoms with Crippen molar-refractivity contribution in [2.75, 3.05) is 39.6 Å². The molecule has 1 amide bonds. The van der Waals surface area contributed by atoms with Crippen LogP contribution in [0.5, 0.6) is 5.75 Å². The van der Waals surface area contributed by atoms with E-state index in [9.17, 15) is 26.4 Å². The first kappa shape index (κ1) is 28.0. The van der Waals surface area contributed by atoms with Gasteiger partial charge in [0.05, 0.1) is 26.1 Å². The second kappa shape index (κ2) is 11.0. The number of rotatable bonds is 10. The van der Waals surface area contributed by atoms with Crippen molar-refractivity contribution in [1.82, 2.24) is 9.21 Å². The molecule has 208 valence electrons. The fourth-order valence-electron chi connectivity index (χ4n) is 5.09. The minimum absolute atomic E-state index is 0.0558. The Kier molecular flexibility index (Phi) is 8.30. The maximum Gasteiger partial charge on any atom is 0.427 e. The van der Waals surface area contributed by atoms with Gasteiger partial charge in [0.1, 0.15) is 5.75 Å². The fourth-order valence-corrected chi connectivity index (χ4v) is 6.86. The van der Waals surface area contributed by atoms with Gasteiger partial charge in [0, 0.05) is 26.2 Å². The Hall–Kier alpha value is -2.05. The van der Waals surface area contributed by atoms with Gasteiger partial charge in [-0.3, -0.25) is 0 Å². The maximum absolute atomic E-state index is 13.5. The van der Waals surface area contributed by atoms with Gasteiger partial charge >= 0.3 is 12.3 Å². The van der Waals surface area contributed by atoms with Gasteiger partial charge in [0.15, 0.2) is 0 Å². The molecule has 1 aromatic carbocycles. The summed E-state index contributed by atoms with van der Waals surface area (Å²) in [6.07, 6.45) is -3.56. The van der Waals surface area contributed by atoms with Crippen LogP contribution in [0.2, 0.25) is 0 Å². The average molecular weight is 549 g/mol. The second-order valence-electron chi connectivity index (χ2n) is 10.6. The van der Waals surface area contributed by atoms with Crippen molar-refractivity contribution in [2.45, 2.75) is 63.5 Å². The van der Waals surface area contributed by atoms with Gasteiger partial charge in [-0.25, -0.2) is 17.5 Å². The molecule has 8 nitrogen and oxygen atoms in total. The number of nitrogens with zero attached hydrogens (tertiary/aromatic N) is 2. The number of likely N-dealkylation sites (tertiary alicyclic amines) is 1. The van der Waals surface area contributed by atoms with Gasteiger partial charge in [-0.05, 0) is 67.6 Å². The molecule has 4 rings (SSSR count). The lowest BCUT2D eigenvalue weighted by molar-refractivity contribution is -0.220. The van der Waals surface area contributed by atoms with E-state index in [0.717, 1.165) is 12.8 Å². The van der Waals surface area contributed by atoms with E-state index in [1.807, 2.05) is 0 Å². The topological polar surface area (TPSA) is 85.4 Å². The third-order valence-corrected chi connectivity index (χ3v) is 9.89. The van der Waals surface area contributed by atoms with Gasteiger partial charge < -0.3 is 19.1 Å². The predicted molar refractivity (Wildman–Crippen MR) is 130 cm³/mol. The number of halogens is 3. The van der Waals surface area contributed by atoms with Crippen molar-refractivity contribution >= 4 is 16.1 Å². The molecule has 1 spiro atoms. The predicted octanol–water partition coefficient (Wildman–Crippen LogP) is 4.20. The standard InChI is InChI=1S/C25H35F3N2O6S/c1-29(37(32,33)17-19-3-4-19)20-13-24(14-20)9-11-30(12-10-24)23(31)36-22(25(26,27)28)16-35-15-18-5-7-21(34-2)8-6-18/h5-8,19-20,22H,3-4,9-17H2,1-2H3/t22-/m1/s1. The summed E-state index contributed by atoms with van der Waals surface area (Å²) < 4.78 is 82.2. The monoisotopic (exact) mass is 548 g/mol. The third-order valence-electron chi connectivity index (χ3n) is 7.82. The zero-order valence-corrected chi connectivity index (χ0v) is 22.0. The summed E-state index contributed by atoms with van der Waals surface area (Å²) in [5, 5.41) is 0. The van der Waals surface area contributed by atoms with E-state index in [1.165, 1.54) is 16.3 Å². The van der Waals surface area contributed by atoms with Crippen molar-refractivity contribution in [3.63, 3.8) is 0 Å². The van der Waals surface area contributed by atoms with Crippen molar-refractivity contribution in [3.8, 4) is 5.75 Å². The molecule has 3 aliphatic rings. The molecule has 0 N–H and O–H groups in total. The molecule has 0 radical (unpaired) electrons. The largest absolute Gasteiger partial charge is 0.497 e. The molecule has 0 aromatic heterocycles. The zero-order chi connectivity index (χ0) is 26.8. The summed E-state index contributed by atoms with van der Waals surface area (Å²) in [5.41, 5.74) is 0.592. The smallest absolute Gasteiger partial charge is 0.427 e. The molecule has 0 unspecified atom stereocenters. The summed E-state index contributed by atoms with van der Waals surface area (Å²) in [6, 6.07) is 6.67. The normalized spacial score (nSPS) is 21.1. The molecule has 1 heterocycles. The van der Waals surface area contributed by atoms with E-state index >= 15 is 0 Å². The molecule has 1 aliphatic heterocycles. The Bertz CT molecular complexity index is 1030. The van der Waals surface area contributed by atoms with Crippen LogP contribution in [0, 0.1) is 11.3 Å². The molecule has 12 heteroatoms.